The van der Waals surface area contributed by atoms with Crippen LogP contribution in [0.25, 0.3) is 0 Å². The van der Waals surface area contributed by atoms with E-state index in [1.165, 1.54) is 4.90 Å². The summed E-state index contributed by atoms with van der Waals surface area (Å²) in [4.78, 5) is 19.4. The number of anilines is 2. The van der Waals surface area contributed by atoms with E-state index in [-0.39, 0.29) is 17.1 Å². The van der Waals surface area contributed by atoms with Gasteiger partial charge in [-0.05, 0) is 12.1 Å². The molecule has 0 spiro atoms. The van der Waals surface area contributed by atoms with Gasteiger partial charge in [0, 0.05) is 29.5 Å². The smallest absolute Gasteiger partial charge is 0.326 e. The Morgan fingerprint density at radius 3 is 2.50 bits per heavy atom. The molecular weight excluding hydrogens is 248 g/mol. The van der Waals surface area contributed by atoms with Crippen molar-refractivity contribution >= 4 is 17.7 Å². The van der Waals surface area contributed by atoms with Gasteiger partial charge >= 0.3 is 6.03 Å². The van der Waals surface area contributed by atoms with E-state index in [4.69, 9.17) is 5.73 Å². The molecule has 0 aliphatic heterocycles. The average molecular weight is 258 g/mol. The molecule has 5 nitrogen and oxygen atoms in total. The van der Waals surface area contributed by atoms with E-state index in [2.05, 4.69) is 9.97 Å². The number of H-pyrrole nitrogens is 1. The zero-order valence-electron chi connectivity index (χ0n) is 8.28. The maximum Gasteiger partial charge on any atom is 0.326 e. The summed E-state index contributed by atoms with van der Waals surface area (Å²) in [6, 6.07) is 8.52. The molecule has 3 N–H and O–H groups in total. The van der Waals surface area contributed by atoms with Crippen molar-refractivity contribution in [3.8, 4) is 0 Å². The number of primary amides is 1. The molecule has 0 unspecified atom stereocenters. The summed E-state index contributed by atoms with van der Waals surface area (Å²) in [7, 11) is 0. The van der Waals surface area contributed by atoms with Gasteiger partial charge in [-0.15, -0.1) is 0 Å². The van der Waals surface area contributed by atoms with Crippen LogP contribution in [-0.4, -0.2) is 16.0 Å². The first-order valence-corrected chi connectivity index (χ1v) is 4.43. The van der Waals surface area contributed by atoms with E-state index >= 15 is 0 Å². The topological polar surface area (TPSA) is 75.0 Å². The third-order valence-electron chi connectivity index (χ3n) is 1.93. The first-order chi connectivity index (χ1) is 7.29. The summed E-state index contributed by atoms with van der Waals surface area (Å²) in [5.74, 6) is 0.411. The van der Waals surface area contributed by atoms with Gasteiger partial charge in [0.15, 0.2) is 0 Å². The Morgan fingerprint density at radius 2 is 2.00 bits per heavy atom. The number of aromatic amines is 1. The average Bonchev–Trinajstić information content (AvgIpc) is 2.72. The van der Waals surface area contributed by atoms with Crippen LogP contribution in [0, 0.1) is 0 Å². The van der Waals surface area contributed by atoms with Crippen molar-refractivity contribution in [2.45, 2.75) is 0 Å². The minimum Gasteiger partial charge on any atom is -0.351 e. The summed E-state index contributed by atoms with van der Waals surface area (Å²) in [6.07, 6.45) is 3.20. The predicted octanol–water partition coefficient (Wildman–Crippen LogP) is 1.62. The molecule has 1 heterocycles. The van der Waals surface area contributed by atoms with Gasteiger partial charge in [0.1, 0.15) is 0 Å². The van der Waals surface area contributed by atoms with Crippen LogP contribution in [0.4, 0.5) is 16.4 Å². The fourth-order valence-corrected chi connectivity index (χ4v) is 1.31. The molecule has 0 fully saturated rings. The Hall–Kier alpha value is -1.78. The minimum absolute atomic E-state index is 0. The number of para-hydroxylation sites is 1. The molecule has 16 heavy (non-hydrogen) atoms. The molecule has 0 radical (unpaired) electrons. The van der Waals surface area contributed by atoms with Gasteiger partial charge in [0.25, 0.3) is 0 Å². The van der Waals surface area contributed by atoms with Crippen molar-refractivity contribution < 1.29 is 21.9 Å². The van der Waals surface area contributed by atoms with Crippen LogP contribution in [0.5, 0.6) is 0 Å². The second-order valence-corrected chi connectivity index (χ2v) is 2.92. The van der Waals surface area contributed by atoms with E-state index in [1.54, 1.807) is 24.5 Å². The molecule has 0 saturated heterocycles. The molecule has 84 valence electrons. The molecule has 1 aromatic heterocycles. The number of nitrogens with one attached hydrogen (secondary N) is 1. The van der Waals surface area contributed by atoms with Gasteiger partial charge in [-0.3, -0.25) is 0 Å². The van der Waals surface area contributed by atoms with Crippen molar-refractivity contribution in [1.82, 2.24) is 9.97 Å². The first kappa shape index (κ1) is 12.3. The van der Waals surface area contributed by atoms with Crippen molar-refractivity contribution in [2.75, 3.05) is 4.90 Å². The third kappa shape index (κ3) is 2.42. The van der Waals surface area contributed by atoms with E-state index in [1.807, 2.05) is 18.2 Å². The molecule has 2 amide bonds. The van der Waals surface area contributed by atoms with Gasteiger partial charge in [-0.25, -0.2) is 14.7 Å². The number of rotatable bonds is 2. The fourth-order valence-electron chi connectivity index (χ4n) is 1.31. The Labute approximate surface area is 103 Å². The van der Waals surface area contributed by atoms with E-state index < -0.39 is 6.03 Å². The molecule has 1 aromatic carbocycles. The Kier molecular flexibility index (Phi) is 4.10. The van der Waals surface area contributed by atoms with Gasteiger partial charge in [-0.2, -0.15) is 0 Å². The zero-order chi connectivity index (χ0) is 10.7. The fraction of sp³-hybridized carbons (Fsp3) is 0. The molecular formula is C10H10FeN4O. The number of nitrogens with zero attached hydrogens (tertiary/aromatic N) is 2. The normalized spacial score (nSPS) is 9.25. The van der Waals surface area contributed by atoms with Crippen molar-refractivity contribution in [3.63, 3.8) is 0 Å². The quantitative estimate of drug-likeness (QED) is 0.803. The van der Waals surface area contributed by atoms with Gasteiger partial charge in [0.2, 0.25) is 5.95 Å². The van der Waals surface area contributed by atoms with E-state index in [9.17, 15) is 4.79 Å². The Balaban J connectivity index is 0.00000128. The number of imidazole rings is 1. The molecule has 2 rings (SSSR count). The maximum atomic E-state index is 11.3. The number of urea groups is 1. The summed E-state index contributed by atoms with van der Waals surface area (Å²) in [6.45, 7) is 0. The summed E-state index contributed by atoms with van der Waals surface area (Å²) in [5, 5.41) is 0. The molecule has 0 saturated carbocycles. The number of amides is 2. The summed E-state index contributed by atoms with van der Waals surface area (Å²) >= 11 is 0. The van der Waals surface area contributed by atoms with Crippen molar-refractivity contribution in [2.24, 2.45) is 5.73 Å². The number of benzene rings is 1. The molecule has 0 aliphatic rings. The van der Waals surface area contributed by atoms with Crippen molar-refractivity contribution in [1.29, 1.82) is 0 Å². The van der Waals surface area contributed by atoms with Crippen LogP contribution in [0.2, 0.25) is 0 Å². The maximum absolute atomic E-state index is 11.3. The van der Waals surface area contributed by atoms with Gasteiger partial charge < -0.3 is 10.7 Å². The van der Waals surface area contributed by atoms with E-state index in [0.717, 1.165) is 0 Å². The predicted molar refractivity (Wildman–Crippen MR) is 56.8 cm³/mol. The standard InChI is InChI=1S/C10H10N4O.Fe/c11-9(15)14(10-12-6-7-13-10)8-4-2-1-3-5-8;/h1-7H,(H2,11,15)(H,12,13);. The molecule has 0 atom stereocenters. The van der Waals surface area contributed by atoms with Crippen LogP contribution >= 0.6 is 0 Å². The number of hydrogen-bond acceptors (Lipinski definition) is 2. The van der Waals surface area contributed by atoms with Gasteiger partial charge in [0.05, 0.1) is 5.69 Å². The van der Waals surface area contributed by atoms with Gasteiger partial charge in [-0.1, -0.05) is 18.2 Å². The molecule has 6 heteroatoms. The first-order valence-electron chi connectivity index (χ1n) is 4.43. The largest absolute Gasteiger partial charge is 0.351 e. The molecule has 0 bridgehead atoms. The SMILES string of the molecule is NC(=O)N(c1ccccc1)c1ncc[nH]1.[Fe]. The second kappa shape index (κ2) is 5.34. The number of carbonyl (C=O) groups is 1. The van der Waals surface area contributed by atoms with Crippen LogP contribution in [0.1, 0.15) is 0 Å². The monoisotopic (exact) mass is 258 g/mol. The molecule has 0 aliphatic carbocycles. The zero-order valence-corrected chi connectivity index (χ0v) is 9.38. The second-order valence-electron chi connectivity index (χ2n) is 2.92. The van der Waals surface area contributed by atoms with Crippen LogP contribution in [0.15, 0.2) is 42.7 Å². The van der Waals surface area contributed by atoms with E-state index in [0.29, 0.717) is 11.6 Å². The van der Waals surface area contributed by atoms with Crippen LogP contribution in [-0.2, 0) is 17.1 Å². The van der Waals surface area contributed by atoms with Crippen LogP contribution < -0.4 is 10.6 Å². The summed E-state index contributed by atoms with van der Waals surface area (Å²) in [5.41, 5.74) is 5.97. The third-order valence-corrected chi connectivity index (χ3v) is 1.93. The summed E-state index contributed by atoms with van der Waals surface area (Å²) < 4.78 is 0. The number of nitrogens with two attached hydrogens (primary N) is 1. The Morgan fingerprint density at radius 1 is 1.31 bits per heavy atom. The minimum atomic E-state index is -0.573. The molecule has 2 aromatic rings. The number of aromatic nitrogens is 2. The number of carbonyl (C=O) groups excluding carboxylic acids is 1. The Bertz CT molecular complexity index is 443. The number of hydrogen-bond donors (Lipinski definition) is 2. The van der Waals surface area contributed by atoms with Crippen molar-refractivity contribution in [3.05, 3.63) is 42.7 Å². The van der Waals surface area contributed by atoms with Crippen LogP contribution in [0.3, 0.4) is 0 Å².